The molecule has 110 valence electrons. The molecule has 0 fully saturated rings. The first-order valence-corrected chi connectivity index (χ1v) is 7.48. The van der Waals surface area contributed by atoms with Crippen molar-refractivity contribution in [3.05, 3.63) is 39.9 Å². The lowest BCUT2D eigenvalue weighted by Crippen LogP contribution is -2.13. The molecular formula is C15H17N3O2S. The van der Waals surface area contributed by atoms with Crippen LogP contribution in [0.2, 0.25) is 0 Å². The lowest BCUT2D eigenvalue weighted by Gasteiger charge is -2.10. The molecule has 0 aliphatic heterocycles. The van der Waals surface area contributed by atoms with E-state index in [1.807, 2.05) is 38.3 Å². The van der Waals surface area contributed by atoms with Gasteiger partial charge in [-0.1, -0.05) is 6.07 Å². The molecule has 0 aromatic carbocycles. The largest absolute Gasteiger partial charge is 0.464 e. The zero-order chi connectivity index (χ0) is 15.2. The molecule has 0 unspecified atom stereocenters. The van der Waals surface area contributed by atoms with Gasteiger partial charge < -0.3 is 10.1 Å². The molecule has 1 amide bonds. The van der Waals surface area contributed by atoms with Crippen molar-refractivity contribution in [2.24, 2.45) is 0 Å². The number of aryl methyl sites for hydroxylation is 2. The normalized spacial score (nSPS) is 10.8. The Morgan fingerprint density at radius 1 is 1.38 bits per heavy atom. The lowest BCUT2D eigenvalue weighted by atomic mass is 10.2. The summed E-state index contributed by atoms with van der Waals surface area (Å²) >= 11 is 1.58. The van der Waals surface area contributed by atoms with E-state index in [4.69, 9.17) is 4.74 Å². The zero-order valence-corrected chi connectivity index (χ0v) is 13.0. The summed E-state index contributed by atoms with van der Waals surface area (Å²) in [5, 5.41) is 4.77. The number of aromatic nitrogens is 2. The fourth-order valence-corrected chi connectivity index (χ4v) is 2.39. The van der Waals surface area contributed by atoms with Crippen LogP contribution in [0.5, 0.6) is 6.01 Å². The fraction of sp³-hybridized carbons (Fsp3) is 0.267. The van der Waals surface area contributed by atoms with E-state index in [1.54, 1.807) is 17.4 Å². The quantitative estimate of drug-likeness (QED) is 0.861. The van der Waals surface area contributed by atoms with E-state index in [-0.39, 0.29) is 5.91 Å². The Labute approximate surface area is 127 Å². The summed E-state index contributed by atoms with van der Waals surface area (Å²) in [6, 6.07) is 4.22. The number of carbonyl (C=O) groups excluding carboxylic acids is 1. The molecule has 2 aromatic rings. The van der Waals surface area contributed by atoms with Gasteiger partial charge in [0.2, 0.25) is 5.91 Å². The third-order valence-electron chi connectivity index (χ3n) is 2.71. The van der Waals surface area contributed by atoms with Crippen LogP contribution in [0.1, 0.15) is 23.2 Å². The van der Waals surface area contributed by atoms with E-state index < -0.39 is 0 Å². The summed E-state index contributed by atoms with van der Waals surface area (Å²) in [5.74, 6) is -0.206. The van der Waals surface area contributed by atoms with Crippen molar-refractivity contribution in [2.75, 3.05) is 11.9 Å². The number of hydrogen-bond donors (Lipinski definition) is 1. The number of rotatable bonds is 5. The highest BCUT2D eigenvalue weighted by Gasteiger charge is 2.10. The third-order valence-corrected chi connectivity index (χ3v) is 3.55. The van der Waals surface area contributed by atoms with Gasteiger partial charge in [0.15, 0.2) is 0 Å². The summed E-state index contributed by atoms with van der Waals surface area (Å²) in [6.07, 6.45) is 3.28. The Hall–Kier alpha value is -2.21. The Bertz CT molecular complexity index is 628. The molecule has 0 aliphatic rings. The van der Waals surface area contributed by atoms with Gasteiger partial charge in [-0.2, -0.15) is 9.97 Å². The van der Waals surface area contributed by atoms with Crippen LogP contribution in [0, 0.1) is 13.8 Å². The Morgan fingerprint density at radius 3 is 2.67 bits per heavy atom. The zero-order valence-electron chi connectivity index (χ0n) is 12.2. The average molecular weight is 303 g/mol. The minimum Gasteiger partial charge on any atom is -0.464 e. The predicted octanol–water partition coefficient (Wildman–Crippen LogP) is 3.21. The van der Waals surface area contributed by atoms with Crippen molar-refractivity contribution in [3.8, 4) is 6.01 Å². The second-order valence-electron chi connectivity index (χ2n) is 4.32. The topological polar surface area (TPSA) is 64.1 Å². The number of ether oxygens (including phenoxy) is 1. The van der Waals surface area contributed by atoms with Crippen molar-refractivity contribution in [3.63, 3.8) is 0 Å². The van der Waals surface area contributed by atoms with Crippen molar-refractivity contribution in [1.82, 2.24) is 9.97 Å². The first kappa shape index (κ1) is 15.2. The second-order valence-corrected chi connectivity index (χ2v) is 5.30. The standard InChI is InChI=1S/C15H17N3O2S/c1-4-20-15-16-10(2)14(11(3)17-15)18-13(19)8-7-12-6-5-9-21-12/h5-9H,4H2,1-3H3,(H,18,19)/b8-7+. The molecule has 1 N–H and O–H groups in total. The molecule has 21 heavy (non-hydrogen) atoms. The van der Waals surface area contributed by atoms with Crippen LogP contribution in [0.25, 0.3) is 6.08 Å². The minimum atomic E-state index is -0.206. The van der Waals surface area contributed by atoms with Crippen LogP contribution in [0.15, 0.2) is 23.6 Å². The minimum absolute atomic E-state index is 0.206. The first-order chi connectivity index (χ1) is 10.1. The molecule has 0 saturated heterocycles. The summed E-state index contributed by atoms with van der Waals surface area (Å²) < 4.78 is 5.28. The summed E-state index contributed by atoms with van der Waals surface area (Å²) in [6.45, 7) is 6.01. The van der Waals surface area contributed by atoms with Crippen LogP contribution in [0.3, 0.4) is 0 Å². The van der Waals surface area contributed by atoms with E-state index in [0.717, 1.165) is 4.88 Å². The molecule has 0 atom stereocenters. The number of carbonyl (C=O) groups is 1. The highest BCUT2D eigenvalue weighted by Crippen LogP contribution is 2.19. The maximum Gasteiger partial charge on any atom is 0.316 e. The number of nitrogens with one attached hydrogen (secondary N) is 1. The van der Waals surface area contributed by atoms with Gasteiger partial charge in [0.1, 0.15) is 0 Å². The highest BCUT2D eigenvalue weighted by molar-refractivity contribution is 7.10. The van der Waals surface area contributed by atoms with Crippen LogP contribution >= 0.6 is 11.3 Å². The number of anilines is 1. The Kier molecular flexibility index (Phi) is 5.05. The molecule has 6 heteroatoms. The van der Waals surface area contributed by atoms with Crippen molar-refractivity contribution >= 4 is 29.0 Å². The van der Waals surface area contributed by atoms with Crippen LogP contribution in [0.4, 0.5) is 5.69 Å². The molecule has 0 bridgehead atoms. The Morgan fingerprint density at radius 2 is 2.10 bits per heavy atom. The van der Waals surface area contributed by atoms with Gasteiger partial charge in [0.25, 0.3) is 0 Å². The fourth-order valence-electron chi connectivity index (χ4n) is 1.77. The van der Waals surface area contributed by atoms with Crippen LogP contribution < -0.4 is 10.1 Å². The van der Waals surface area contributed by atoms with Gasteiger partial charge in [-0.15, -0.1) is 11.3 Å². The van der Waals surface area contributed by atoms with E-state index in [0.29, 0.717) is 29.7 Å². The van der Waals surface area contributed by atoms with Gasteiger partial charge in [0.05, 0.1) is 23.7 Å². The van der Waals surface area contributed by atoms with Crippen molar-refractivity contribution in [1.29, 1.82) is 0 Å². The maximum absolute atomic E-state index is 11.9. The van der Waals surface area contributed by atoms with Crippen LogP contribution in [-0.2, 0) is 4.79 Å². The van der Waals surface area contributed by atoms with Gasteiger partial charge in [-0.25, -0.2) is 0 Å². The SMILES string of the molecule is CCOc1nc(C)c(NC(=O)/C=C/c2cccs2)c(C)n1. The molecule has 0 radical (unpaired) electrons. The van der Waals surface area contributed by atoms with Crippen molar-refractivity contribution in [2.45, 2.75) is 20.8 Å². The monoisotopic (exact) mass is 303 g/mol. The molecule has 2 aromatic heterocycles. The van der Waals surface area contributed by atoms with E-state index >= 15 is 0 Å². The van der Waals surface area contributed by atoms with E-state index in [1.165, 1.54) is 6.08 Å². The van der Waals surface area contributed by atoms with E-state index in [2.05, 4.69) is 15.3 Å². The molecule has 2 rings (SSSR count). The third kappa shape index (κ3) is 4.13. The second kappa shape index (κ2) is 6.99. The van der Waals surface area contributed by atoms with Crippen molar-refractivity contribution < 1.29 is 9.53 Å². The Balaban J connectivity index is 2.10. The summed E-state index contributed by atoms with van der Waals surface area (Å²) in [5.41, 5.74) is 1.99. The van der Waals surface area contributed by atoms with Gasteiger partial charge in [-0.3, -0.25) is 4.79 Å². The lowest BCUT2D eigenvalue weighted by molar-refractivity contribution is -0.111. The smallest absolute Gasteiger partial charge is 0.316 e. The summed E-state index contributed by atoms with van der Waals surface area (Å²) in [7, 11) is 0. The first-order valence-electron chi connectivity index (χ1n) is 6.60. The maximum atomic E-state index is 11.9. The van der Waals surface area contributed by atoms with Gasteiger partial charge in [-0.05, 0) is 38.3 Å². The number of amides is 1. The predicted molar refractivity (Wildman–Crippen MR) is 84.7 cm³/mol. The van der Waals surface area contributed by atoms with Gasteiger partial charge >= 0.3 is 6.01 Å². The van der Waals surface area contributed by atoms with E-state index in [9.17, 15) is 4.79 Å². The van der Waals surface area contributed by atoms with Crippen LogP contribution in [-0.4, -0.2) is 22.5 Å². The summed E-state index contributed by atoms with van der Waals surface area (Å²) in [4.78, 5) is 21.4. The van der Waals surface area contributed by atoms with Gasteiger partial charge in [0, 0.05) is 11.0 Å². The number of hydrogen-bond acceptors (Lipinski definition) is 5. The number of nitrogens with zero attached hydrogens (tertiary/aromatic N) is 2. The molecule has 0 aliphatic carbocycles. The highest BCUT2D eigenvalue weighted by atomic mass is 32.1. The molecular weight excluding hydrogens is 286 g/mol. The molecule has 5 nitrogen and oxygen atoms in total. The molecule has 2 heterocycles. The average Bonchev–Trinajstić information content (AvgIpc) is 2.94. The molecule has 0 saturated carbocycles. The molecule has 0 spiro atoms. The number of thiophene rings is 1.